The highest BCUT2D eigenvalue weighted by molar-refractivity contribution is 6.30. The lowest BCUT2D eigenvalue weighted by atomic mass is 9.87. The largest absolute Gasteiger partial charge is 0.353 e. The minimum Gasteiger partial charge on any atom is -0.353 e. The van der Waals surface area contributed by atoms with Gasteiger partial charge in [-0.05, 0) is 55.4 Å². The smallest absolute Gasteiger partial charge is 0.251 e. The number of amides is 1. The molecule has 2 atom stereocenters. The van der Waals surface area contributed by atoms with E-state index in [-0.39, 0.29) is 23.4 Å². The van der Waals surface area contributed by atoms with Crippen molar-refractivity contribution >= 4 is 17.5 Å². The average molecular weight is 375 g/mol. The predicted octanol–water partition coefficient (Wildman–Crippen LogP) is 3.85. The number of carbonyl (C=O) groups is 1. The van der Waals surface area contributed by atoms with Crippen LogP contribution in [0.4, 0.5) is 4.39 Å². The van der Waals surface area contributed by atoms with Crippen LogP contribution in [0.25, 0.3) is 0 Å². The zero-order valence-corrected chi connectivity index (χ0v) is 15.0. The first kappa shape index (κ1) is 17.3. The number of hydrogen-bond acceptors (Lipinski definition) is 2. The SMILES string of the molecule is O=C1CCC(CC(c2ccc(C3CC3)c(=O)[nH]2)c2ccc(Cl)cc2F)N1. The molecule has 4 nitrogen and oxygen atoms in total. The number of aromatic amines is 1. The first-order valence-electron chi connectivity index (χ1n) is 8.98. The van der Waals surface area contributed by atoms with Crippen molar-refractivity contribution in [1.29, 1.82) is 0 Å². The lowest BCUT2D eigenvalue weighted by molar-refractivity contribution is -0.119. The molecule has 1 aliphatic carbocycles. The van der Waals surface area contributed by atoms with Crippen LogP contribution < -0.4 is 10.9 Å². The molecule has 0 radical (unpaired) electrons. The Morgan fingerprint density at radius 2 is 1.96 bits per heavy atom. The van der Waals surface area contributed by atoms with Crippen LogP contribution in [0.2, 0.25) is 5.02 Å². The van der Waals surface area contributed by atoms with Crippen LogP contribution >= 0.6 is 11.6 Å². The van der Waals surface area contributed by atoms with E-state index in [1.807, 2.05) is 12.1 Å². The van der Waals surface area contributed by atoms with Crippen molar-refractivity contribution in [2.45, 2.75) is 50.0 Å². The molecule has 2 heterocycles. The molecule has 4 rings (SSSR count). The molecule has 26 heavy (non-hydrogen) atoms. The van der Waals surface area contributed by atoms with E-state index in [0.29, 0.717) is 35.0 Å². The molecule has 2 fully saturated rings. The molecule has 1 aliphatic heterocycles. The van der Waals surface area contributed by atoms with Gasteiger partial charge in [0.25, 0.3) is 5.56 Å². The molecule has 0 bridgehead atoms. The maximum Gasteiger partial charge on any atom is 0.251 e. The summed E-state index contributed by atoms with van der Waals surface area (Å²) in [7, 11) is 0. The van der Waals surface area contributed by atoms with Gasteiger partial charge in [-0.2, -0.15) is 0 Å². The van der Waals surface area contributed by atoms with Gasteiger partial charge < -0.3 is 10.3 Å². The Morgan fingerprint density at radius 1 is 1.15 bits per heavy atom. The van der Waals surface area contributed by atoms with E-state index in [0.717, 1.165) is 24.8 Å². The monoisotopic (exact) mass is 374 g/mol. The highest BCUT2D eigenvalue weighted by Crippen LogP contribution is 2.39. The number of rotatable bonds is 5. The summed E-state index contributed by atoms with van der Waals surface area (Å²) in [4.78, 5) is 26.9. The maximum absolute atomic E-state index is 14.6. The molecule has 1 saturated carbocycles. The summed E-state index contributed by atoms with van der Waals surface area (Å²) in [5.41, 5.74) is 1.85. The molecule has 2 unspecified atom stereocenters. The lowest BCUT2D eigenvalue weighted by Gasteiger charge is -2.22. The summed E-state index contributed by atoms with van der Waals surface area (Å²) >= 11 is 5.89. The Kier molecular flexibility index (Phi) is 4.57. The fourth-order valence-electron chi connectivity index (χ4n) is 3.76. The van der Waals surface area contributed by atoms with Crippen LogP contribution in [0.5, 0.6) is 0 Å². The van der Waals surface area contributed by atoms with Crippen LogP contribution in [0.3, 0.4) is 0 Å². The van der Waals surface area contributed by atoms with Crippen molar-refractivity contribution in [2.24, 2.45) is 0 Å². The number of hydrogen-bond donors (Lipinski definition) is 2. The first-order chi connectivity index (χ1) is 12.5. The fraction of sp³-hybridized carbons (Fsp3) is 0.400. The highest BCUT2D eigenvalue weighted by Gasteiger charge is 2.30. The Balaban J connectivity index is 1.70. The Morgan fingerprint density at radius 3 is 2.58 bits per heavy atom. The van der Waals surface area contributed by atoms with E-state index in [1.54, 1.807) is 12.1 Å². The van der Waals surface area contributed by atoms with Gasteiger partial charge in [-0.1, -0.05) is 23.7 Å². The van der Waals surface area contributed by atoms with Crippen LogP contribution in [0.15, 0.2) is 35.1 Å². The van der Waals surface area contributed by atoms with Gasteiger partial charge in [0.05, 0.1) is 0 Å². The lowest BCUT2D eigenvalue weighted by Crippen LogP contribution is -2.28. The van der Waals surface area contributed by atoms with E-state index in [9.17, 15) is 14.0 Å². The second-order valence-electron chi connectivity index (χ2n) is 7.23. The van der Waals surface area contributed by atoms with E-state index in [4.69, 9.17) is 11.6 Å². The molecule has 1 amide bonds. The van der Waals surface area contributed by atoms with Crippen molar-refractivity contribution in [3.63, 3.8) is 0 Å². The van der Waals surface area contributed by atoms with Crippen molar-refractivity contribution in [3.05, 3.63) is 68.3 Å². The zero-order valence-electron chi connectivity index (χ0n) is 14.2. The molecule has 1 aromatic carbocycles. The van der Waals surface area contributed by atoms with Crippen molar-refractivity contribution in [2.75, 3.05) is 0 Å². The van der Waals surface area contributed by atoms with Gasteiger partial charge in [-0.25, -0.2) is 4.39 Å². The Hall–Kier alpha value is -2.14. The topological polar surface area (TPSA) is 62.0 Å². The van der Waals surface area contributed by atoms with Crippen molar-refractivity contribution in [1.82, 2.24) is 10.3 Å². The summed E-state index contributed by atoms with van der Waals surface area (Å²) in [6, 6.07) is 8.30. The number of nitrogens with one attached hydrogen (secondary N) is 2. The van der Waals surface area contributed by atoms with Gasteiger partial charge in [0.1, 0.15) is 5.82 Å². The first-order valence-corrected chi connectivity index (χ1v) is 9.36. The third kappa shape index (κ3) is 3.54. The van der Waals surface area contributed by atoms with Crippen LogP contribution in [-0.2, 0) is 4.79 Å². The molecule has 2 aromatic rings. The molecular weight excluding hydrogens is 355 g/mol. The van der Waals surface area contributed by atoms with Gasteiger partial charge in [0, 0.05) is 34.7 Å². The van der Waals surface area contributed by atoms with E-state index >= 15 is 0 Å². The van der Waals surface area contributed by atoms with E-state index < -0.39 is 5.82 Å². The minimum absolute atomic E-state index is 0.0166. The van der Waals surface area contributed by atoms with Crippen LogP contribution in [-0.4, -0.2) is 16.9 Å². The van der Waals surface area contributed by atoms with Gasteiger partial charge >= 0.3 is 0 Å². The molecule has 2 aliphatic rings. The predicted molar refractivity (Wildman–Crippen MR) is 98.1 cm³/mol. The Bertz CT molecular complexity index is 907. The van der Waals surface area contributed by atoms with Crippen molar-refractivity contribution in [3.8, 4) is 0 Å². The fourth-order valence-corrected chi connectivity index (χ4v) is 3.92. The normalized spacial score (nSPS) is 20.8. The summed E-state index contributed by atoms with van der Waals surface area (Å²) in [6.45, 7) is 0. The summed E-state index contributed by atoms with van der Waals surface area (Å²) in [6.07, 6.45) is 3.83. The third-order valence-electron chi connectivity index (χ3n) is 5.30. The van der Waals surface area contributed by atoms with Gasteiger partial charge in [0.15, 0.2) is 0 Å². The second kappa shape index (κ2) is 6.88. The molecule has 1 saturated heterocycles. The van der Waals surface area contributed by atoms with Crippen molar-refractivity contribution < 1.29 is 9.18 Å². The summed E-state index contributed by atoms with van der Waals surface area (Å²) < 4.78 is 14.6. The summed E-state index contributed by atoms with van der Waals surface area (Å²) in [5, 5.41) is 3.26. The second-order valence-corrected chi connectivity index (χ2v) is 7.67. The number of aromatic nitrogens is 1. The van der Waals surface area contributed by atoms with Gasteiger partial charge in [-0.3, -0.25) is 9.59 Å². The standard InChI is InChI=1S/C20H20ClFN2O2/c21-12-3-5-15(17(22)9-12)16(10-13-4-8-19(25)23-13)18-7-6-14(11-1-2-11)20(26)24-18/h3,5-7,9,11,13,16H,1-2,4,8,10H2,(H,23,25)(H,24,26). The zero-order chi connectivity index (χ0) is 18.3. The summed E-state index contributed by atoms with van der Waals surface area (Å²) in [5.74, 6) is -0.383. The molecule has 6 heteroatoms. The number of halogens is 2. The van der Waals surface area contributed by atoms with E-state index in [2.05, 4.69) is 10.3 Å². The van der Waals surface area contributed by atoms with Gasteiger partial charge in [-0.15, -0.1) is 0 Å². The third-order valence-corrected chi connectivity index (χ3v) is 5.53. The minimum atomic E-state index is -0.404. The molecule has 2 N–H and O–H groups in total. The van der Waals surface area contributed by atoms with Crippen LogP contribution in [0.1, 0.15) is 60.8 Å². The molecule has 0 spiro atoms. The maximum atomic E-state index is 14.6. The number of benzene rings is 1. The van der Waals surface area contributed by atoms with Gasteiger partial charge in [0.2, 0.25) is 5.91 Å². The molecule has 1 aromatic heterocycles. The number of carbonyl (C=O) groups excluding carboxylic acids is 1. The highest BCUT2D eigenvalue weighted by atomic mass is 35.5. The average Bonchev–Trinajstić information content (AvgIpc) is 3.35. The quantitative estimate of drug-likeness (QED) is 0.835. The van der Waals surface area contributed by atoms with E-state index in [1.165, 1.54) is 6.07 Å². The number of H-pyrrole nitrogens is 1. The number of pyridine rings is 1. The van der Waals surface area contributed by atoms with Crippen LogP contribution in [0, 0.1) is 5.82 Å². The molecule has 136 valence electrons. The Labute approximate surface area is 155 Å². The molecular formula is C20H20ClFN2O2.